The van der Waals surface area contributed by atoms with E-state index in [0.717, 1.165) is 4.90 Å². The van der Waals surface area contributed by atoms with E-state index in [0.29, 0.717) is 29.2 Å². The van der Waals surface area contributed by atoms with E-state index < -0.39 is 36.9 Å². The van der Waals surface area contributed by atoms with Gasteiger partial charge >= 0.3 is 5.97 Å². The number of carbonyl (C=O) groups excluding carboxylic acids is 4. The highest BCUT2D eigenvalue weighted by atomic mass is 35.5. The number of anilines is 1. The van der Waals surface area contributed by atoms with E-state index in [2.05, 4.69) is 15.4 Å². The maximum atomic E-state index is 12.4. The molecule has 2 aliphatic rings. The quantitative estimate of drug-likeness (QED) is 0.406. The number of fused-ring (bicyclic) bond motifs is 1. The normalized spacial score (nSPS) is 20.0. The summed E-state index contributed by atoms with van der Waals surface area (Å²) >= 11 is 6.01. The lowest BCUT2D eigenvalue weighted by atomic mass is 9.85. The van der Waals surface area contributed by atoms with E-state index in [1.165, 1.54) is 23.4 Å². The summed E-state index contributed by atoms with van der Waals surface area (Å²) in [5.41, 5.74) is 0.867. The number of nitrogens with zero attached hydrogens (tertiary/aromatic N) is 4. The van der Waals surface area contributed by atoms with Gasteiger partial charge in [-0.3, -0.25) is 24.1 Å². The summed E-state index contributed by atoms with van der Waals surface area (Å²) in [5, 5.41) is 7.00. The number of aromatic nitrogens is 3. The van der Waals surface area contributed by atoms with Gasteiger partial charge in [0.05, 0.1) is 23.2 Å². The molecule has 1 aromatic carbocycles. The van der Waals surface area contributed by atoms with E-state index >= 15 is 0 Å². The number of hydrogen-bond donors (Lipinski definition) is 1. The van der Waals surface area contributed by atoms with Crippen LogP contribution in [0.3, 0.4) is 0 Å². The van der Waals surface area contributed by atoms with Crippen LogP contribution in [0, 0.1) is 11.8 Å². The predicted octanol–water partition coefficient (Wildman–Crippen LogP) is 1.35. The number of hydrogen-bond acceptors (Lipinski definition) is 7. The zero-order valence-corrected chi connectivity index (χ0v) is 17.0. The molecular weight excluding hydrogens is 426 g/mol. The lowest BCUT2D eigenvalue weighted by molar-refractivity contribution is -0.154. The van der Waals surface area contributed by atoms with Gasteiger partial charge in [0, 0.05) is 5.02 Å². The number of carbonyl (C=O) groups is 4. The van der Waals surface area contributed by atoms with Crippen LogP contribution in [0.4, 0.5) is 5.69 Å². The molecule has 2 heterocycles. The predicted molar refractivity (Wildman–Crippen MR) is 108 cm³/mol. The minimum Gasteiger partial charge on any atom is -0.454 e. The Balaban J connectivity index is 1.34. The second-order valence-corrected chi connectivity index (χ2v) is 7.57. The molecule has 31 heavy (non-hydrogen) atoms. The van der Waals surface area contributed by atoms with E-state index in [1.54, 1.807) is 12.1 Å². The molecule has 1 aliphatic carbocycles. The zero-order chi connectivity index (χ0) is 22.0. The molecule has 4 rings (SSSR count). The van der Waals surface area contributed by atoms with Gasteiger partial charge < -0.3 is 10.1 Å². The third kappa shape index (κ3) is 4.33. The molecule has 0 spiro atoms. The van der Waals surface area contributed by atoms with Crippen LogP contribution in [0.2, 0.25) is 5.02 Å². The van der Waals surface area contributed by atoms with Gasteiger partial charge in [0.15, 0.2) is 6.61 Å². The average molecular weight is 444 g/mol. The first-order valence-electron chi connectivity index (χ1n) is 9.54. The Labute approximate surface area is 181 Å². The van der Waals surface area contributed by atoms with Gasteiger partial charge in [-0.1, -0.05) is 23.8 Å². The van der Waals surface area contributed by atoms with Gasteiger partial charge in [-0.05, 0) is 31.0 Å². The molecule has 2 aromatic rings. The van der Waals surface area contributed by atoms with Gasteiger partial charge in [0.2, 0.25) is 11.8 Å². The van der Waals surface area contributed by atoms with Crippen LogP contribution < -0.4 is 5.32 Å². The summed E-state index contributed by atoms with van der Waals surface area (Å²) in [6.07, 6.45) is 7.49. The third-order valence-corrected chi connectivity index (χ3v) is 5.38. The van der Waals surface area contributed by atoms with Crippen molar-refractivity contribution >= 4 is 41.0 Å². The van der Waals surface area contributed by atoms with Crippen molar-refractivity contribution in [2.24, 2.45) is 11.8 Å². The van der Waals surface area contributed by atoms with Crippen molar-refractivity contribution in [3.8, 4) is 5.69 Å². The highest BCUT2D eigenvalue weighted by Crippen LogP contribution is 2.34. The number of esters is 1. The number of nitrogens with one attached hydrogen (secondary N) is 1. The van der Waals surface area contributed by atoms with Crippen molar-refractivity contribution in [3.05, 3.63) is 48.0 Å². The summed E-state index contributed by atoms with van der Waals surface area (Å²) < 4.78 is 6.41. The fourth-order valence-corrected chi connectivity index (χ4v) is 3.84. The SMILES string of the molecule is O=C(COC(=O)CN1C(=O)C2CC=CCC2C1=O)Nc1cc(Cl)ccc1-n1cncn1. The molecule has 2 atom stereocenters. The minimum absolute atomic E-state index is 0.348. The van der Waals surface area contributed by atoms with E-state index in [-0.39, 0.29) is 11.8 Å². The minimum atomic E-state index is -0.842. The van der Waals surface area contributed by atoms with Crippen LogP contribution in [0.15, 0.2) is 43.0 Å². The van der Waals surface area contributed by atoms with Crippen molar-refractivity contribution in [2.45, 2.75) is 12.8 Å². The molecule has 1 aromatic heterocycles. The van der Waals surface area contributed by atoms with Crippen molar-refractivity contribution in [3.63, 3.8) is 0 Å². The fraction of sp³-hybridized carbons (Fsp3) is 0.300. The van der Waals surface area contributed by atoms with Crippen LogP contribution in [0.1, 0.15) is 12.8 Å². The number of rotatable bonds is 6. The summed E-state index contributed by atoms with van der Waals surface area (Å²) in [6.45, 7) is -1.11. The number of allylic oxidation sites excluding steroid dienone is 2. The molecule has 160 valence electrons. The second kappa shape index (κ2) is 8.68. The number of likely N-dealkylation sites (tertiary alicyclic amines) is 1. The Morgan fingerprint density at radius 2 is 1.87 bits per heavy atom. The lowest BCUT2D eigenvalue weighted by Gasteiger charge is -2.14. The van der Waals surface area contributed by atoms with E-state index in [9.17, 15) is 19.2 Å². The van der Waals surface area contributed by atoms with Crippen molar-refractivity contribution in [1.82, 2.24) is 19.7 Å². The first-order valence-corrected chi connectivity index (χ1v) is 9.92. The van der Waals surface area contributed by atoms with Crippen LogP contribution in [0.5, 0.6) is 0 Å². The molecule has 0 saturated carbocycles. The van der Waals surface area contributed by atoms with Crippen LogP contribution >= 0.6 is 11.6 Å². The molecule has 1 fully saturated rings. The van der Waals surface area contributed by atoms with Crippen LogP contribution in [0.25, 0.3) is 5.69 Å². The monoisotopic (exact) mass is 443 g/mol. The lowest BCUT2D eigenvalue weighted by Crippen LogP contribution is -2.37. The number of benzene rings is 1. The Morgan fingerprint density at radius 1 is 1.16 bits per heavy atom. The van der Waals surface area contributed by atoms with Crippen molar-refractivity contribution in [1.29, 1.82) is 0 Å². The fourth-order valence-electron chi connectivity index (χ4n) is 3.67. The Morgan fingerprint density at radius 3 is 2.52 bits per heavy atom. The second-order valence-electron chi connectivity index (χ2n) is 7.13. The molecule has 1 saturated heterocycles. The standard InChI is InChI=1S/C20H18ClN5O5/c21-12-5-6-16(26-11-22-10-23-26)15(7-12)24-17(27)9-31-18(28)8-25-19(29)13-3-1-2-4-14(13)20(25)30/h1-2,5-7,10-11,13-14H,3-4,8-9H2,(H,24,27). The van der Waals surface area contributed by atoms with Crippen LogP contribution in [-0.2, 0) is 23.9 Å². The van der Waals surface area contributed by atoms with Crippen LogP contribution in [-0.4, -0.2) is 56.5 Å². The van der Waals surface area contributed by atoms with Gasteiger partial charge in [0.25, 0.3) is 5.91 Å². The van der Waals surface area contributed by atoms with Gasteiger partial charge in [-0.15, -0.1) is 0 Å². The Hall–Kier alpha value is -3.53. The summed E-state index contributed by atoms with van der Waals surface area (Å²) in [4.78, 5) is 54.0. The molecule has 10 nitrogen and oxygen atoms in total. The Bertz CT molecular complexity index is 1040. The smallest absolute Gasteiger partial charge is 0.326 e. The van der Waals surface area contributed by atoms with Gasteiger partial charge in [0.1, 0.15) is 19.2 Å². The number of imide groups is 1. The molecule has 1 aliphatic heterocycles. The molecule has 3 amide bonds. The van der Waals surface area contributed by atoms with Gasteiger partial charge in [-0.25, -0.2) is 9.67 Å². The van der Waals surface area contributed by atoms with Crippen molar-refractivity contribution in [2.75, 3.05) is 18.5 Å². The topological polar surface area (TPSA) is 123 Å². The zero-order valence-electron chi connectivity index (χ0n) is 16.2. The number of ether oxygens (including phenoxy) is 1. The third-order valence-electron chi connectivity index (χ3n) is 5.15. The molecule has 11 heteroatoms. The average Bonchev–Trinajstić information content (AvgIpc) is 3.36. The molecule has 0 radical (unpaired) electrons. The van der Waals surface area contributed by atoms with Crippen molar-refractivity contribution < 1.29 is 23.9 Å². The largest absolute Gasteiger partial charge is 0.454 e. The van der Waals surface area contributed by atoms with Gasteiger partial charge in [-0.2, -0.15) is 5.10 Å². The maximum absolute atomic E-state index is 12.4. The molecular formula is C20H18ClN5O5. The molecule has 1 N–H and O–H groups in total. The van der Waals surface area contributed by atoms with E-state index in [4.69, 9.17) is 16.3 Å². The van der Waals surface area contributed by atoms with E-state index in [1.807, 2.05) is 12.2 Å². The Kier molecular flexibility index (Phi) is 5.81. The number of halogens is 1. The number of amides is 3. The summed E-state index contributed by atoms with van der Waals surface area (Å²) in [7, 11) is 0. The first kappa shape index (κ1) is 20.7. The maximum Gasteiger partial charge on any atom is 0.326 e. The molecule has 2 unspecified atom stereocenters. The highest BCUT2D eigenvalue weighted by Gasteiger charge is 2.47. The summed E-state index contributed by atoms with van der Waals surface area (Å²) in [6, 6.07) is 4.80. The highest BCUT2D eigenvalue weighted by molar-refractivity contribution is 6.31. The first-order chi connectivity index (χ1) is 14.9. The molecule has 0 bridgehead atoms. The summed E-state index contributed by atoms with van der Waals surface area (Å²) in [5.74, 6) is -3.06.